The molecule has 1 aliphatic carbocycles. The largest absolute Gasteiger partial charge is 0.410 e. The minimum absolute atomic E-state index is 0.132. The highest BCUT2D eigenvalue weighted by Crippen LogP contribution is 2.34. The molecule has 1 unspecified atom stereocenters. The lowest BCUT2D eigenvalue weighted by molar-refractivity contribution is -0.150. The first-order valence-corrected chi connectivity index (χ1v) is 14.1. The van der Waals surface area contributed by atoms with Crippen LogP contribution < -0.4 is 16.0 Å². The van der Waals surface area contributed by atoms with Crippen LogP contribution in [0.3, 0.4) is 0 Å². The van der Waals surface area contributed by atoms with Gasteiger partial charge in [-0.2, -0.15) is 22.0 Å². The molecule has 0 bridgehead atoms. The first-order chi connectivity index (χ1) is 21.1. The Hall–Kier alpha value is -3.95. The van der Waals surface area contributed by atoms with E-state index in [1.54, 1.807) is 0 Å². The third-order valence-corrected chi connectivity index (χ3v) is 8.07. The van der Waals surface area contributed by atoms with Gasteiger partial charge in [0.15, 0.2) is 0 Å². The summed E-state index contributed by atoms with van der Waals surface area (Å²) in [5, 5.41) is 6.41. The molecule has 4 amide bonds. The molecule has 45 heavy (non-hydrogen) atoms. The number of aromatic nitrogens is 1. The molecule has 2 aromatic rings. The molecule has 4 rings (SSSR count). The minimum atomic E-state index is -4.69. The van der Waals surface area contributed by atoms with Crippen molar-refractivity contribution in [1.82, 2.24) is 20.5 Å². The van der Waals surface area contributed by atoms with Crippen molar-refractivity contribution in [3.05, 3.63) is 59.3 Å². The zero-order valence-corrected chi connectivity index (χ0v) is 24.3. The standard InChI is InChI=1S/C29H32F7N5O4/c1-15-3-5-16(6-4-15)24(40-26(43)28(32,33)18-10-19(30)12-20(31)11-18)25(42)39-23-9-17(7-8-37-23)21(14-45-2)41-13-22(29(34,35)36)38-27(41)44/h7-12,15-16,21-22,24H,3-6,13-14H2,1-2H3,(H,38,44)(H,40,43)(H,37,39,42)/t15?,16?,21-,22+,24?/m1/s1. The third kappa shape index (κ3) is 8.02. The van der Waals surface area contributed by atoms with Gasteiger partial charge < -0.3 is 25.6 Å². The number of pyridine rings is 1. The van der Waals surface area contributed by atoms with Crippen molar-refractivity contribution in [2.45, 2.75) is 62.8 Å². The highest BCUT2D eigenvalue weighted by atomic mass is 19.4. The summed E-state index contributed by atoms with van der Waals surface area (Å²) in [5.41, 5.74) is -0.974. The van der Waals surface area contributed by atoms with Gasteiger partial charge in [0.05, 0.1) is 19.2 Å². The smallest absolute Gasteiger partial charge is 0.382 e. The molecule has 16 heteroatoms. The lowest BCUT2D eigenvalue weighted by atomic mass is 9.79. The quantitative estimate of drug-likeness (QED) is 0.313. The number of carbonyl (C=O) groups is 3. The fourth-order valence-electron chi connectivity index (χ4n) is 5.58. The number of rotatable bonds is 10. The number of amides is 4. The minimum Gasteiger partial charge on any atom is -0.382 e. The van der Waals surface area contributed by atoms with Crippen LogP contribution in [0.4, 0.5) is 41.3 Å². The molecule has 246 valence electrons. The second kappa shape index (κ2) is 13.6. The average Bonchev–Trinajstić information content (AvgIpc) is 3.36. The van der Waals surface area contributed by atoms with Crippen LogP contribution in [0.2, 0.25) is 0 Å². The van der Waals surface area contributed by atoms with Crippen LogP contribution in [0.1, 0.15) is 49.8 Å². The molecule has 1 aliphatic heterocycles. The van der Waals surface area contributed by atoms with E-state index in [1.807, 2.05) is 12.2 Å². The van der Waals surface area contributed by atoms with Crippen LogP contribution in [0, 0.1) is 23.5 Å². The molecular formula is C29H32F7N5O4. The normalized spacial score (nSPS) is 22.0. The predicted molar refractivity (Wildman–Crippen MR) is 146 cm³/mol. The van der Waals surface area contributed by atoms with Gasteiger partial charge in [-0.1, -0.05) is 19.8 Å². The number of halogens is 7. The van der Waals surface area contributed by atoms with E-state index in [1.165, 1.54) is 25.4 Å². The molecule has 1 aromatic heterocycles. The van der Waals surface area contributed by atoms with E-state index in [2.05, 4.69) is 15.6 Å². The molecular weight excluding hydrogens is 615 g/mol. The van der Waals surface area contributed by atoms with Crippen molar-refractivity contribution < 1.29 is 49.9 Å². The van der Waals surface area contributed by atoms with Crippen molar-refractivity contribution in [3.63, 3.8) is 0 Å². The van der Waals surface area contributed by atoms with Gasteiger partial charge in [-0.3, -0.25) is 9.59 Å². The highest BCUT2D eigenvalue weighted by molar-refractivity contribution is 5.98. The third-order valence-electron chi connectivity index (χ3n) is 8.07. The SMILES string of the molecule is COC[C@H](c1ccnc(NC(=O)C(NC(=O)C(F)(F)c2cc(F)cc(F)c2)C2CCC(C)CC2)c1)N1C[C@@H](C(F)(F)F)NC1=O. The molecule has 2 heterocycles. The number of urea groups is 1. The molecule has 2 fully saturated rings. The summed E-state index contributed by atoms with van der Waals surface area (Å²) in [6.45, 7) is 1.09. The van der Waals surface area contributed by atoms with Gasteiger partial charge in [-0.05, 0) is 54.5 Å². The predicted octanol–water partition coefficient (Wildman–Crippen LogP) is 5.05. The molecule has 3 N–H and O–H groups in total. The summed E-state index contributed by atoms with van der Waals surface area (Å²) >= 11 is 0. The van der Waals surface area contributed by atoms with Gasteiger partial charge in [0.25, 0.3) is 5.91 Å². The van der Waals surface area contributed by atoms with E-state index in [0.29, 0.717) is 49.8 Å². The van der Waals surface area contributed by atoms with E-state index < -0.39 is 77.7 Å². The van der Waals surface area contributed by atoms with Gasteiger partial charge in [0, 0.05) is 24.9 Å². The number of carbonyl (C=O) groups excluding carboxylic acids is 3. The van der Waals surface area contributed by atoms with Gasteiger partial charge in [-0.15, -0.1) is 0 Å². The Morgan fingerprint density at radius 1 is 1.07 bits per heavy atom. The number of ether oxygens (including phenoxy) is 1. The van der Waals surface area contributed by atoms with E-state index in [9.17, 15) is 36.3 Å². The van der Waals surface area contributed by atoms with Gasteiger partial charge in [0.2, 0.25) is 5.91 Å². The van der Waals surface area contributed by atoms with E-state index in [4.69, 9.17) is 4.74 Å². The van der Waals surface area contributed by atoms with Gasteiger partial charge >= 0.3 is 18.1 Å². The second-order valence-electron chi connectivity index (χ2n) is 11.3. The Morgan fingerprint density at radius 3 is 2.29 bits per heavy atom. The summed E-state index contributed by atoms with van der Waals surface area (Å²) in [6, 6.07) is -1.86. The Morgan fingerprint density at radius 2 is 1.71 bits per heavy atom. The first-order valence-electron chi connectivity index (χ1n) is 14.1. The van der Waals surface area contributed by atoms with Crippen LogP contribution in [-0.4, -0.2) is 66.3 Å². The Labute approximate surface area is 253 Å². The van der Waals surface area contributed by atoms with Crippen LogP contribution in [0.25, 0.3) is 0 Å². The van der Waals surface area contributed by atoms with E-state index in [-0.39, 0.29) is 18.0 Å². The second-order valence-corrected chi connectivity index (χ2v) is 11.3. The van der Waals surface area contributed by atoms with Crippen LogP contribution in [0.15, 0.2) is 36.5 Å². The number of hydrogen-bond donors (Lipinski definition) is 3. The summed E-state index contributed by atoms with van der Waals surface area (Å²) in [4.78, 5) is 43.7. The molecule has 2 aliphatic rings. The fourth-order valence-corrected chi connectivity index (χ4v) is 5.58. The molecule has 3 atom stereocenters. The maximum absolute atomic E-state index is 15.1. The van der Waals surface area contributed by atoms with E-state index >= 15 is 8.78 Å². The van der Waals surface area contributed by atoms with Gasteiger partial charge in [-0.25, -0.2) is 18.6 Å². The van der Waals surface area contributed by atoms with Crippen molar-refractivity contribution in [1.29, 1.82) is 0 Å². The van der Waals surface area contributed by atoms with Crippen LogP contribution in [-0.2, 0) is 20.2 Å². The summed E-state index contributed by atoms with van der Waals surface area (Å²) < 4.78 is 102. The molecule has 0 radical (unpaired) electrons. The number of alkyl halides is 5. The van der Waals surface area contributed by atoms with Crippen molar-refractivity contribution in [3.8, 4) is 0 Å². The molecule has 1 saturated heterocycles. The monoisotopic (exact) mass is 647 g/mol. The average molecular weight is 648 g/mol. The maximum Gasteiger partial charge on any atom is 0.410 e. The van der Waals surface area contributed by atoms with Crippen LogP contribution in [0.5, 0.6) is 0 Å². The zero-order chi connectivity index (χ0) is 33.1. The summed E-state index contributed by atoms with van der Waals surface area (Å²) in [6.07, 6.45) is -1.33. The highest BCUT2D eigenvalue weighted by Gasteiger charge is 2.49. The zero-order valence-electron chi connectivity index (χ0n) is 24.3. The number of anilines is 1. The molecule has 1 saturated carbocycles. The summed E-state index contributed by atoms with van der Waals surface area (Å²) in [5.74, 6) is -10.3. The number of hydrogen-bond acceptors (Lipinski definition) is 5. The number of methoxy groups -OCH3 is 1. The lowest BCUT2D eigenvalue weighted by Gasteiger charge is -2.33. The van der Waals surface area contributed by atoms with Crippen molar-refractivity contribution in [2.75, 3.05) is 25.6 Å². The number of nitrogens with one attached hydrogen (secondary N) is 3. The summed E-state index contributed by atoms with van der Waals surface area (Å²) in [7, 11) is 1.29. The number of nitrogens with zero attached hydrogens (tertiary/aromatic N) is 2. The van der Waals surface area contributed by atoms with E-state index in [0.717, 1.165) is 4.90 Å². The Kier molecular flexibility index (Phi) is 10.2. The van der Waals surface area contributed by atoms with Crippen LogP contribution >= 0.6 is 0 Å². The molecule has 9 nitrogen and oxygen atoms in total. The van der Waals surface area contributed by atoms with Gasteiger partial charge in [0.1, 0.15) is 29.5 Å². The Bertz CT molecular complexity index is 1380. The van der Waals surface area contributed by atoms with Crippen molar-refractivity contribution >= 4 is 23.7 Å². The lowest BCUT2D eigenvalue weighted by Crippen LogP contribution is -2.53. The maximum atomic E-state index is 15.1. The first kappa shape index (κ1) is 33.9. The fraction of sp³-hybridized carbons (Fsp3) is 0.517. The topological polar surface area (TPSA) is 113 Å². The Balaban J connectivity index is 1.57. The van der Waals surface area contributed by atoms with Crippen molar-refractivity contribution in [2.24, 2.45) is 11.8 Å². The molecule has 1 aromatic carbocycles. The number of benzene rings is 1. The molecule has 0 spiro atoms.